The zero-order chi connectivity index (χ0) is 13.0. The molecule has 1 aliphatic carbocycles. The molecule has 0 aromatic carbocycles. The highest BCUT2D eigenvalue weighted by Crippen LogP contribution is 2.25. The van der Waals surface area contributed by atoms with Gasteiger partial charge in [0.25, 0.3) is 0 Å². The number of rotatable bonds is 3. The number of ether oxygens (including phenoxy) is 1. The number of carbonyl (C=O) groups is 1. The monoisotopic (exact) mass is 249 g/mol. The second kappa shape index (κ2) is 5.85. The molecule has 0 amide bonds. The first-order valence-electron chi connectivity index (χ1n) is 6.53. The predicted octanol–water partition coefficient (Wildman–Crippen LogP) is 3.19. The van der Waals surface area contributed by atoms with Crippen LogP contribution < -0.4 is 4.74 Å². The van der Waals surface area contributed by atoms with E-state index >= 15 is 0 Å². The molecule has 4 nitrogen and oxygen atoms in total. The van der Waals surface area contributed by atoms with Crippen molar-refractivity contribution in [1.82, 2.24) is 4.98 Å². The molecule has 0 radical (unpaired) electrons. The topological polar surface area (TPSA) is 59.4 Å². The summed E-state index contributed by atoms with van der Waals surface area (Å²) in [6.45, 7) is 1.84. The minimum Gasteiger partial charge on any atom is -0.489 e. The lowest BCUT2D eigenvalue weighted by molar-refractivity contribution is 0.0687. The van der Waals surface area contributed by atoms with Gasteiger partial charge in [0, 0.05) is 18.0 Å². The summed E-state index contributed by atoms with van der Waals surface area (Å²) in [7, 11) is 0. The summed E-state index contributed by atoms with van der Waals surface area (Å²) in [4.78, 5) is 15.1. The van der Waals surface area contributed by atoms with Crippen LogP contribution in [0.2, 0.25) is 0 Å². The second-order valence-corrected chi connectivity index (χ2v) is 4.86. The molecule has 0 unspecified atom stereocenters. The molecule has 0 atom stereocenters. The molecular weight excluding hydrogens is 230 g/mol. The van der Waals surface area contributed by atoms with Crippen LogP contribution in [-0.2, 0) is 0 Å². The van der Waals surface area contributed by atoms with Crippen molar-refractivity contribution < 1.29 is 14.6 Å². The van der Waals surface area contributed by atoms with Crippen molar-refractivity contribution in [3.8, 4) is 5.75 Å². The Labute approximate surface area is 107 Å². The first kappa shape index (κ1) is 12.9. The minimum absolute atomic E-state index is 0.146. The average molecular weight is 249 g/mol. The highest BCUT2D eigenvalue weighted by molar-refractivity contribution is 5.90. The molecule has 0 bridgehead atoms. The van der Waals surface area contributed by atoms with Gasteiger partial charge in [-0.15, -0.1) is 0 Å². The molecule has 0 saturated heterocycles. The van der Waals surface area contributed by atoms with Crippen LogP contribution in [0.15, 0.2) is 12.3 Å². The smallest absolute Gasteiger partial charge is 0.341 e. The molecule has 1 saturated carbocycles. The third-order valence-electron chi connectivity index (χ3n) is 3.33. The normalized spacial score (nSPS) is 17.2. The quantitative estimate of drug-likeness (QED) is 0.836. The molecule has 1 aromatic heterocycles. The van der Waals surface area contributed by atoms with Gasteiger partial charge in [-0.1, -0.05) is 12.8 Å². The van der Waals surface area contributed by atoms with Crippen molar-refractivity contribution in [2.45, 2.75) is 51.6 Å². The number of aromatic carboxylic acids is 1. The van der Waals surface area contributed by atoms with Crippen LogP contribution in [0, 0.1) is 6.92 Å². The van der Waals surface area contributed by atoms with Crippen LogP contribution in [0.5, 0.6) is 5.75 Å². The van der Waals surface area contributed by atoms with E-state index in [4.69, 9.17) is 9.84 Å². The summed E-state index contributed by atoms with van der Waals surface area (Å²) in [6, 6.07) is 1.72. The zero-order valence-corrected chi connectivity index (χ0v) is 10.7. The summed E-state index contributed by atoms with van der Waals surface area (Å²) in [5.41, 5.74) is 0.938. The third-order valence-corrected chi connectivity index (χ3v) is 3.33. The van der Waals surface area contributed by atoms with Crippen molar-refractivity contribution in [1.29, 1.82) is 0 Å². The van der Waals surface area contributed by atoms with E-state index in [1.54, 1.807) is 6.07 Å². The van der Waals surface area contributed by atoms with Gasteiger partial charge in [0.05, 0.1) is 6.10 Å². The van der Waals surface area contributed by atoms with Gasteiger partial charge in [0.1, 0.15) is 11.3 Å². The number of carboxylic acid groups (broad SMARTS) is 1. The summed E-state index contributed by atoms with van der Waals surface area (Å²) < 4.78 is 5.89. The highest BCUT2D eigenvalue weighted by atomic mass is 16.5. The Morgan fingerprint density at radius 1 is 1.33 bits per heavy atom. The first-order valence-corrected chi connectivity index (χ1v) is 6.53. The molecule has 0 aliphatic heterocycles. The Kier molecular flexibility index (Phi) is 4.18. The Morgan fingerprint density at radius 2 is 2.00 bits per heavy atom. The number of nitrogens with zero attached hydrogens (tertiary/aromatic N) is 1. The van der Waals surface area contributed by atoms with Crippen molar-refractivity contribution in [2.24, 2.45) is 0 Å². The average Bonchev–Trinajstić information content (AvgIpc) is 2.57. The first-order chi connectivity index (χ1) is 8.66. The van der Waals surface area contributed by atoms with E-state index in [1.807, 2.05) is 6.92 Å². The maximum atomic E-state index is 11.1. The van der Waals surface area contributed by atoms with Gasteiger partial charge in [-0.25, -0.2) is 4.79 Å². The van der Waals surface area contributed by atoms with Gasteiger partial charge in [-0.3, -0.25) is 4.98 Å². The highest BCUT2D eigenvalue weighted by Gasteiger charge is 2.18. The fraction of sp³-hybridized carbons (Fsp3) is 0.571. The van der Waals surface area contributed by atoms with E-state index in [0.29, 0.717) is 5.75 Å². The molecule has 18 heavy (non-hydrogen) atoms. The second-order valence-electron chi connectivity index (χ2n) is 4.86. The number of hydrogen-bond donors (Lipinski definition) is 1. The summed E-state index contributed by atoms with van der Waals surface area (Å²) in [5.74, 6) is -0.520. The minimum atomic E-state index is -0.980. The molecule has 98 valence electrons. The van der Waals surface area contributed by atoms with E-state index in [0.717, 1.165) is 31.4 Å². The van der Waals surface area contributed by atoms with E-state index in [9.17, 15) is 4.79 Å². The maximum absolute atomic E-state index is 11.1. The van der Waals surface area contributed by atoms with Crippen LogP contribution in [0.1, 0.15) is 54.6 Å². The standard InChI is InChI=1S/C14H19NO3/c1-10-8-13(12(9-15-10)14(16)17)18-11-6-4-2-3-5-7-11/h8-9,11H,2-7H2,1H3,(H,16,17). The molecule has 2 rings (SSSR count). The van der Waals surface area contributed by atoms with E-state index in [1.165, 1.54) is 19.0 Å². The Morgan fingerprint density at radius 3 is 2.61 bits per heavy atom. The zero-order valence-electron chi connectivity index (χ0n) is 10.7. The fourth-order valence-electron chi connectivity index (χ4n) is 2.33. The van der Waals surface area contributed by atoms with Crippen LogP contribution in [0.3, 0.4) is 0 Å². The number of hydrogen-bond acceptors (Lipinski definition) is 3. The summed E-state index contributed by atoms with van der Waals surface area (Å²) in [5, 5.41) is 9.12. The number of pyridine rings is 1. The van der Waals surface area contributed by atoms with E-state index < -0.39 is 5.97 Å². The largest absolute Gasteiger partial charge is 0.489 e. The van der Waals surface area contributed by atoms with Crippen molar-refractivity contribution >= 4 is 5.97 Å². The Bertz CT molecular complexity index is 423. The maximum Gasteiger partial charge on any atom is 0.341 e. The number of aromatic nitrogens is 1. The van der Waals surface area contributed by atoms with Gasteiger partial charge in [0.15, 0.2) is 0 Å². The molecule has 1 aliphatic rings. The number of aryl methyl sites for hydroxylation is 1. The summed E-state index contributed by atoms with van der Waals surface area (Å²) in [6.07, 6.45) is 8.38. The molecule has 1 N–H and O–H groups in total. The Hall–Kier alpha value is -1.58. The van der Waals surface area contributed by atoms with Gasteiger partial charge >= 0.3 is 5.97 Å². The lowest BCUT2D eigenvalue weighted by atomic mass is 10.1. The van der Waals surface area contributed by atoms with Gasteiger partial charge < -0.3 is 9.84 Å². The SMILES string of the molecule is Cc1cc(OC2CCCCCC2)c(C(=O)O)cn1. The van der Waals surface area contributed by atoms with E-state index in [-0.39, 0.29) is 11.7 Å². The van der Waals surface area contributed by atoms with Gasteiger partial charge in [-0.2, -0.15) is 0 Å². The van der Waals surface area contributed by atoms with Gasteiger partial charge in [0.2, 0.25) is 0 Å². The molecule has 1 aromatic rings. The predicted molar refractivity (Wildman–Crippen MR) is 68.1 cm³/mol. The summed E-state index contributed by atoms with van der Waals surface area (Å²) >= 11 is 0. The van der Waals surface area contributed by atoms with Crippen LogP contribution in [-0.4, -0.2) is 22.2 Å². The van der Waals surface area contributed by atoms with Crippen molar-refractivity contribution in [3.05, 3.63) is 23.5 Å². The van der Waals surface area contributed by atoms with Crippen molar-refractivity contribution in [3.63, 3.8) is 0 Å². The van der Waals surface area contributed by atoms with E-state index in [2.05, 4.69) is 4.98 Å². The number of carboxylic acids is 1. The molecular formula is C14H19NO3. The molecule has 1 fully saturated rings. The van der Waals surface area contributed by atoms with Crippen LogP contribution in [0.4, 0.5) is 0 Å². The molecule has 0 spiro atoms. The Balaban J connectivity index is 2.15. The third kappa shape index (κ3) is 3.22. The lowest BCUT2D eigenvalue weighted by Gasteiger charge is -2.18. The van der Waals surface area contributed by atoms with Crippen LogP contribution in [0.25, 0.3) is 0 Å². The lowest BCUT2D eigenvalue weighted by Crippen LogP contribution is -2.17. The molecule has 1 heterocycles. The van der Waals surface area contributed by atoms with Gasteiger partial charge in [-0.05, 0) is 32.6 Å². The van der Waals surface area contributed by atoms with Crippen LogP contribution >= 0.6 is 0 Å². The fourth-order valence-corrected chi connectivity index (χ4v) is 2.33. The molecule has 4 heteroatoms. The van der Waals surface area contributed by atoms with Crippen molar-refractivity contribution in [2.75, 3.05) is 0 Å².